The summed E-state index contributed by atoms with van der Waals surface area (Å²) in [5.41, 5.74) is 0.442. The maximum Gasteiger partial charge on any atom is 0.251 e. The number of hydrogen-bond donors (Lipinski definition) is 1. The van der Waals surface area contributed by atoms with Crippen LogP contribution in [0.15, 0.2) is 52.0 Å². The molecular weight excluding hydrogens is 302 g/mol. The van der Waals surface area contributed by atoms with Crippen LogP contribution in [0.25, 0.3) is 0 Å². The summed E-state index contributed by atoms with van der Waals surface area (Å²) < 4.78 is 28.0. The van der Waals surface area contributed by atoms with E-state index in [9.17, 15) is 13.2 Å². The van der Waals surface area contributed by atoms with Crippen LogP contribution in [0.4, 0.5) is 0 Å². The summed E-state index contributed by atoms with van der Waals surface area (Å²) in [6.45, 7) is 1.92. The van der Waals surface area contributed by atoms with Crippen molar-refractivity contribution in [2.24, 2.45) is 0 Å². The van der Waals surface area contributed by atoms with Gasteiger partial charge in [0.25, 0.3) is 5.91 Å². The molecule has 5 nitrogen and oxygen atoms in total. The molecule has 1 N–H and O–H groups in total. The fourth-order valence-electron chi connectivity index (χ4n) is 2.05. The molecule has 0 aliphatic heterocycles. The van der Waals surface area contributed by atoms with Crippen LogP contribution >= 0.6 is 0 Å². The first-order chi connectivity index (χ1) is 10.4. The topological polar surface area (TPSA) is 76.4 Å². The van der Waals surface area contributed by atoms with Crippen LogP contribution in [-0.2, 0) is 16.3 Å². The number of benzene rings is 1. The van der Waals surface area contributed by atoms with Gasteiger partial charge in [0.2, 0.25) is 0 Å². The van der Waals surface area contributed by atoms with Gasteiger partial charge in [0, 0.05) is 24.3 Å². The van der Waals surface area contributed by atoms with Gasteiger partial charge < -0.3 is 9.73 Å². The largest absolute Gasteiger partial charge is 0.469 e. The van der Waals surface area contributed by atoms with Crippen LogP contribution < -0.4 is 5.32 Å². The van der Waals surface area contributed by atoms with Crippen LogP contribution in [0.1, 0.15) is 29.5 Å². The molecule has 0 aliphatic rings. The van der Waals surface area contributed by atoms with E-state index in [1.54, 1.807) is 6.26 Å². The Hall–Kier alpha value is -2.08. The number of aryl methyl sites for hydroxylation is 1. The molecule has 1 heterocycles. The summed E-state index contributed by atoms with van der Waals surface area (Å²) in [7, 11) is -3.24. The van der Waals surface area contributed by atoms with E-state index in [-0.39, 0.29) is 16.8 Å². The first-order valence-electron chi connectivity index (χ1n) is 6.99. The fourth-order valence-corrected chi connectivity index (χ4v) is 2.68. The van der Waals surface area contributed by atoms with Crippen molar-refractivity contribution in [3.8, 4) is 0 Å². The number of rotatable bonds is 6. The van der Waals surface area contributed by atoms with E-state index in [1.807, 2.05) is 19.1 Å². The lowest BCUT2D eigenvalue weighted by molar-refractivity contribution is 0.0938. The third-order valence-corrected chi connectivity index (χ3v) is 4.45. The molecule has 0 aliphatic carbocycles. The monoisotopic (exact) mass is 321 g/mol. The third kappa shape index (κ3) is 4.46. The summed E-state index contributed by atoms with van der Waals surface area (Å²) in [4.78, 5) is 12.3. The van der Waals surface area contributed by atoms with Gasteiger partial charge in [-0.2, -0.15) is 0 Å². The number of amides is 1. The van der Waals surface area contributed by atoms with Crippen molar-refractivity contribution in [2.45, 2.75) is 30.7 Å². The van der Waals surface area contributed by atoms with E-state index in [0.717, 1.165) is 24.9 Å². The van der Waals surface area contributed by atoms with Crippen molar-refractivity contribution in [2.75, 3.05) is 6.26 Å². The maximum absolute atomic E-state index is 12.1. The molecule has 1 amide bonds. The number of furan rings is 1. The van der Waals surface area contributed by atoms with Crippen LogP contribution in [0.5, 0.6) is 0 Å². The van der Waals surface area contributed by atoms with Crippen molar-refractivity contribution < 1.29 is 17.6 Å². The van der Waals surface area contributed by atoms with E-state index in [2.05, 4.69) is 5.32 Å². The Morgan fingerprint density at radius 3 is 2.45 bits per heavy atom. The summed E-state index contributed by atoms with van der Waals surface area (Å²) in [5, 5.41) is 2.89. The van der Waals surface area contributed by atoms with Gasteiger partial charge in [-0.1, -0.05) is 0 Å². The SMILES string of the molecule is CC(CCc1ccco1)NC(=O)c1ccc(S(C)(=O)=O)cc1. The van der Waals surface area contributed by atoms with Gasteiger partial charge in [-0.15, -0.1) is 0 Å². The van der Waals surface area contributed by atoms with E-state index in [1.165, 1.54) is 24.3 Å². The molecule has 2 aromatic rings. The molecule has 0 saturated heterocycles. The summed E-state index contributed by atoms with van der Waals surface area (Å²) in [6, 6.07) is 9.65. The van der Waals surface area contributed by atoms with Gasteiger partial charge in [-0.3, -0.25) is 4.79 Å². The van der Waals surface area contributed by atoms with E-state index >= 15 is 0 Å². The molecule has 1 unspecified atom stereocenters. The van der Waals surface area contributed by atoms with E-state index < -0.39 is 9.84 Å². The Kier molecular flexibility index (Phi) is 5.03. The minimum absolute atomic E-state index is 0.00724. The minimum atomic E-state index is -3.24. The molecule has 1 aromatic carbocycles. The van der Waals surface area contributed by atoms with E-state index in [4.69, 9.17) is 4.42 Å². The number of sulfone groups is 1. The van der Waals surface area contributed by atoms with Crippen molar-refractivity contribution in [1.29, 1.82) is 0 Å². The number of carbonyl (C=O) groups excluding carboxylic acids is 1. The lowest BCUT2D eigenvalue weighted by atomic mass is 10.1. The molecule has 1 atom stereocenters. The second-order valence-electron chi connectivity index (χ2n) is 5.29. The molecule has 2 rings (SSSR count). The zero-order chi connectivity index (χ0) is 16.2. The average Bonchev–Trinajstić information content (AvgIpc) is 2.97. The first-order valence-corrected chi connectivity index (χ1v) is 8.89. The van der Waals surface area contributed by atoms with Crippen molar-refractivity contribution in [1.82, 2.24) is 5.32 Å². The van der Waals surface area contributed by atoms with Crippen molar-refractivity contribution in [3.63, 3.8) is 0 Å². The number of hydrogen-bond acceptors (Lipinski definition) is 4. The molecular formula is C16H19NO4S. The van der Waals surface area contributed by atoms with Gasteiger partial charge in [0.1, 0.15) is 5.76 Å². The predicted molar refractivity (Wildman–Crippen MR) is 83.5 cm³/mol. The van der Waals surface area contributed by atoms with Crippen LogP contribution in [0.2, 0.25) is 0 Å². The molecule has 0 bridgehead atoms. The van der Waals surface area contributed by atoms with Gasteiger partial charge in [-0.25, -0.2) is 8.42 Å². The maximum atomic E-state index is 12.1. The van der Waals surface area contributed by atoms with Gasteiger partial charge in [0.15, 0.2) is 9.84 Å². The second-order valence-corrected chi connectivity index (χ2v) is 7.30. The highest BCUT2D eigenvalue weighted by Gasteiger charge is 2.12. The summed E-state index contributed by atoms with van der Waals surface area (Å²) in [6.07, 6.45) is 4.28. The Morgan fingerprint density at radius 1 is 1.23 bits per heavy atom. The highest BCUT2D eigenvalue weighted by Crippen LogP contribution is 2.11. The quantitative estimate of drug-likeness (QED) is 0.886. The number of nitrogens with one attached hydrogen (secondary N) is 1. The lowest BCUT2D eigenvalue weighted by Gasteiger charge is -2.13. The predicted octanol–water partition coefficient (Wildman–Crippen LogP) is 2.43. The molecule has 1 aromatic heterocycles. The Bertz CT molecular complexity index is 718. The van der Waals surface area contributed by atoms with Crippen molar-refractivity contribution >= 4 is 15.7 Å². The minimum Gasteiger partial charge on any atom is -0.469 e. The van der Waals surface area contributed by atoms with Crippen LogP contribution in [0, 0.1) is 0 Å². The first kappa shape index (κ1) is 16.3. The Balaban J connectivity index is 1.91. The molecule has 0 saturated carbocycles. The van der Waals surface area contributed by atoms with Crippen LogP contribution in [-0.4, -0.2) is 26.6 Å². The lowest BCUT2D eigenvalue weighted by Crippen LogP contribution is -2.32. The van der Waals surface area contributed by atoms with Crippen LogP contribution in [0.3, 0.4) is 0 Å². The summed E-state index contributed by atoms with van der Waals surface area (Å²) >= 11 is 0. The molecule has 0 radical (unpaired) electrons. The smallest absolute Gasteiger partial charge is 0.251 e. The van der Waals surface area contributed by atoms with Gasteiger partial charge in [0.05, 0.1) is 11.2 Å². The molecule has 0 spiro atoms. The zero-order valence-electron chi connectivity index (χ0n) is 12.6. The molecule has 0 fully saturated rings. The van der Waals surface area contributed by atoms with E-state index in [0.29, 0.717) is 5.56 Å². The zero-order valence-corrected chi connectivity index (χ0v) is 13.4. The highest BCUT2D eigenvalue weighted by molar-refractivity contribution is 7.90. The average molecular weight is 321 g/mol. The molecule has 22 heavy (non-hydrogen) atoms. The van der Waals surface area contributed by atoms with Crippen molar-refractivity contribution in [3.05, 3.63) is 54.0 Å². The standard InChI is InChI=1S/C16H19NO4S/c1-12(5-8-14-4-3-11-21-14)17-16(18)13-6-9-15(10-7-13)22(2,19)20/h3-4,6-7,9-12H,5,8H2,1-2H3,(H,17,18). The second kappa shape index (κ2) is 6.79. The Labute approximate surface area is 130 Å². The molecule has 118 valence electrons. The normalized spacial score (nSPS) is 12.8. The van der Waals surface area contributed by atoms with Gasteiger partial charge in [-0.05, 0) is 49.7 Å². The fraction of sp³-hybridized carbons (Fsp3) is 0.312. The Morgan fingerprint density at radius 2 is 1.91 bits per heavy atom. The van der Waals surface area contributed by atoms with Gasteiger partial charge >= 0.3 is 0 Å². The highest BCUT2D eigenvalue weighted by atomic mass is 32.2. The summed E-state index contributed by atoms with van der Waals surface area (Å²) in [5.74, 6) is 0.672. The molecule has 6 heteroatoms. The number of carbonyl (C=O) groups is 1. The third-order valence-electron chi connectivity index (χ3n) is 3.33.